The first kappa shape index (κ1) is 14.3. The van der Waals surface area contributed by atoms with E-state index in [0.717, 1.165) is 17.0 Å². The van der Waals surface area contributed by atoms with Gasteiger partial charge in [-0.2, -0.15) is 0 Å². The molecule has 0 unspecified atom stereocenters. The molecule has 0 saturated carbocycles. The minimum absolute atomic E-state index is 0.0749. The van der Waals surface area contributed by atoms with Crippen LogP contribution in [0.3, 0.4) is 0 Å². The van der Waals surface area contributed by atoms with Crippen LogP contribution in [0.1, 0.15) is 5.56 Å². The maximum absolute atomic E-state index is 10.8. The number of non-ortho nitro benzene ring substituents is 1. The zero-order valence-electron chi connectivity index (χ0n) is 10.8. The van der Waals surface area contributed by atoms with E-state index >= 15 is 0 Å². The summed E-state index contributed by atoms with van der Waals surface area (Å²) >= 11 is 3.28. The number of ether oxygens (including phenoxy) is 1. The number of nitrogens with zero attached hydrogens (tertiary/aromatic N) is 1. The van der Waals surface area contributed by atoms with Crippen molar-refractivity contribution in [3.8, 4) is 5.75 Å². The Morgan fingerprint density at radius 3 is 2.55 bits per heavy atom. The van der Waals surface area contributed by atoms with Crippen LogP contribution in [-0.4, -0.2) is 12.0 Å². The molecule has 20 heavy (non-hydrogen) atoms. The highest BCUT2D eigenvalue weighted by Crippen LogP contribution is 2.22. The molecule has 0 amide bonds. The van der Waals surface area contributed by atoms with Crippen LogP contribution in [0.2, 0.25) is 0 Å². The zero-order valence-corrected chi connectivity index (χ0v) is 12.4. The van der Waals surface area contributed by atoms with Gasteiger partial charge >= 0.3 is 0 Å². The molecule has 0 atom stereocenters. The van der Waals surface area contributed by atoms with E-state index in [0.29, 0.717) is 11.0 Å². The Morgan fingerprint density at radius 2 is 1.95 bits per heavy atom. The minimum Gasteiger partial charge on any atom is -0.497 e. The van der Waals surface area contributed by atoms with Gasteiger partial charge in [0.25, 0.3) is 5.69 Å². The molecule has 0 aliphatic heterocycles. The monoisotopic (exact) mass is 336 g/mol. The molecule has 0 aliphatic rings. The second kappa shape index (κ2) is 6.38. The van der Waals surface area contributed by atoms with Gasteiger partial charge < -0.3 is 10.1 Å². The molecular formula is C14H13BrN2O3. The lowest BCUT2D eigenvalue weighted by atomic mass is 10.2. The molecule has 2 rings (SSSR count). The van der Waals surface area contributed by atoms with Crippen LogP contribution in [0.15, 0.2) is 46.9 Å². The molecule has 0 saturated heterocycles. The molecule has 6 heteroatoms. The number of nitro groups is 1. The van der Waals surface area contributed by atoms with Crippen molar-refractivity contribution < 1.29 is 9.66 Å². The fourth-order valence-corrected chi connectivity index (χ4v) is 2.28. The summed E-state index contributed by atoms with van der Waals surface area (Å²) in [5.41, 5.74) is 1.83. The Morgan fingerprint density at radius 1 is 1.25 bits per heavy atom. The van der Waals surface area contributed by atoms with Crippen LogP contribution in [0, 0.1) is 10.1 Å². The molecular weight excluding hydrogens is 324 g/mol. The summed E-state index contributed by atoms with van der Waals surface area (Å²) in [6.45, 7) is 0.507. The minimum atomic E-state index is -0.401. The SMILES string of the molecule is COc1ccc(NCc2cc(Br)cc([N+](=O)[O-])c2)cc1. The highest BCUT2D eigenvalue weighted by atomic mass is 79.9. The Bertz CT molecular complexity index is 614. The predicted octanol–water partition coefficient (Wildman–Crippen LogP) is 3.98. The number of rotatable bonds is 5. The highest BCUT2D eigenvalue weighted by molar-refractivity contribution is 9.10. The first-order valence-corrected chi connectivity index (χ1v) is 6.69. The van der Waals surface area contributed by atoms with Crippen molar-refractivity contribution >= 4 is 27.3 Å². The van der Waals surface area contributed by atoms with Gasteiger partial charge in [0, 0.05) is 28.8 Å². The molecule has 104 valence electrons. The number of nitrogens with one attached hydrogen (secondary N) is 1. The average molecular weight is 337 g/mol. The Balaban J connectivity index is 2.08. The molecule has 2 aromatic carbocycles. The van der Waals surface area contributed by atoms with Gasteiger partial charge in [0.05, 0.1) is 12.0 Å². The van der Waals surface area contributed by atoms with Crippen LogP contribution in [0.4, 0.5) is 11.4 Å². The zero-order chi connectivity index (χ0) is 14.5. The second-order valence-electron chi connectivity index (χ2n) is 4.16. The lowest BCUT2D eigenvalue weighted by Gasteiger charge is -2.08. The van der Waals surface area contributed by atoms with E-state index < -0.39 is 4.92 Å². The summed E-state index contributed by atoms with van der Waals surface area (Å²) in [6, 6.07) is 12.4. The van der Waals surface area contributed by atoms with E-state index in [1.54, 1.807) is 13.2 Å². The topological polar surface area (TPSA) is 64.4 Å². The van der Waals surface area contributed by atoms with Crippen molar-refractivity contribution in [1.29, 1.82) is 0 Å². The van der Waals surface area contributed by atoms with Gasteiger partial charge in [-0.3, -0.25) is 10.1 Å². The molecule has 0 aliphatic carbocycles. The smallest absolute Gasteiger partial charge is 0.270 e. The molecule has 1 N–H and O–H groups in total. The summed E-state index contributed by atoms with van der Waals surface area (Å²) in [4.78, 5) is 10.4. The molecule has 2 aromatic rings. The number of hydrogen-bond donors (Lipinski definition) is 1. The van der Waals surface area contributed by atoms with Gasteiger partial charge in [-0.15, -0.1) is 0 Å². The summed E-state index contributed by atoms with van der Waals surface area (Å²) in [7, 11) is 1.61. The largest absolute Gasteiger partial charge is 0.497 e. The number of halogens is 1. The van der Waals surface area contributed by atoms with Gasteiger partial charge in [-0.25, -0.2) is 0 Å². The second-order valence-corrected chi connectivity index (χ2v) is 5.07. The van der Waals surface area contributed by atoms with Crippen molar-refractivity contribution in [3.63, 3.8) is 0 Å². The molecule has 0 fully saturated rings. The first-order valence-electron chi connectivity index (χ1n) is 5.90. The Hall–Kier alpha value is -2.08. The third-order valence-electron chi connectivity index (χ3n) is 2.74. The standard InChI is InChI=1S/C14H13BrN2O3/c1-20-14-4-2-12(3-5-14)16-9-10-6-11(15)8-13(7-10)17(18)19/h2-8,16H,9H2,1H3. The highest BCUT2D eigenvalue weighted by Gasteiger charge is 2.08. The van der Waals surface area contributed by atoms with Crippen LogP contribution < -0.4 is 10.1 Å². The number of anilines is 1. The summed E-state index contributed by atoms with van der Waals surface area (Å²) in [6.07, 6.45) is 0. The van der Waals surface area contributed by atoms with Crippen LogP contribution >= 0.6 is 15.9 Å². The van der Waals surface area contributed by atoms with Gasteiger partial charge in [0.15, 0.2) is 0 Å². The third-order valence-corrected chi connectivity index (χ3v) is 3.20. The van der Waals surface area contributed by atoms with E-state index in [1.165, 1.54) is 6.07 Å². The summed E-state index contributed by atoms with van der Waals surface area (Å²) in [5.74, 6) is 0.786. The quantitative estimate of drug-likeness (QED) is 0.662. The Kier molecular flexibility index (Phi) is 4.57. The molecule has 0 radical (unpaired) electrons. The van der Waals surface area contributed by atoms with Gasteiger partial charge in [-0.1, -0.05) is 15.9 Å². The maximum atomic E-state index is 10.8. The number of benzene rings is 2. The van der Waals surface area contributed by atoms with Crippen LogP contribution in [0.25, 0.3) is 0 Å². The molecule has 0 bridgehead atoms. The lowest BCUT2D eigenvalue weighted by Crippen LogP contribution is -2.00. The Labute approximate surface area is 124 Å². The number of nitro benzene ring substituents is 1. The van der Waals surface area contributed by atoms with Crippen molar-refractivity contribution in [2.75, 3.05) is 12.4 Å². The van der Waals surface area contributed by atoms with E-state index in [2.05, 4.69) is 21.2 Å². The fraction of sp³-hybridized carbons (Fsp3) is 0.143. The lowest BCUT2D eigenvalue weighted by molar-refractivity contribution is -0.385. The van der Waals surface area contributed by atoms with Crippen LogP contribution in [0.5, 0.6) is 5.75 Å². The van der Waals surface area contributed by atoms with Gasteiger partial charge in [-0.05, 0) is 35.9 Å². The normalized spacial score (nSPS) is 10.1. The molecule has 0 heterocycles. The van der Waals surface area contributed by atoms with Gasteiger partial charge in [0.1, 0.15) is 5.75 Å². The molecule has 0 aromatic heterocycles. The van der Waals surface area contributed by atoms with Gasteiger partial charge in [0.2, 0.25) is 0 Å². The third kappa shape index (κ3) is 3.71. The van der Waals surface area contributed by atoms with E-state index in [1.807, 2.05) is 30.3 Å². The number of hydrogen-bond acceptors (Lipinski definition) is 4. The van der Waals surface area contributed by atoms with E-state index in [9.17, 15) is 10.1 Å². The fourth-order valence-electron chi connectivity index (χ4n) is 1.75. The summed E-state index contributed by atoms with van der Waals surface area (Å²) in [5, 5.41) is 14.0. The van der Waals surface area contributed by atoms with E-state index in [4.69, 9.17) is 4.74 Å². The molecule has 5 nitrogen and oxygen atoms in total. The van der Waals surface area contributed by atoms with Crippen LogP contribution in [-0.2, 0) is 6.54 Å². The maximum Gasteiger partial charge on any atom is 0.270 e. The van der Waals surface area contributed by atoms with Crippen molar-refractivity contribution in [2.45, 2.75) is 6.54 Å². The van der Waals surface area contributed by atoms with Crippen molar-refractivity contribution in [3.05, 3.63) is 62.6 Å². The van der Waals surface area contributed by atoms with Crippen molar-refractivity contribution in [1.82, 2.24) is 0 Å². The van der Waals surface area contributed by atoms with E-state index in [-0.39, 0.29) is 5.69 Å². The average Bonchev–Trinajstić information content (AvgIpc) is 2.45. The summed E-state index contributed by atoms with van der Waals surface area (Å²) < 4.78 is 5.77. The van der Waals surface area contributed by atoms with Crippen molar-refractivity contribution in [2.24, 2.45) is 0 Å². The molecule has 0 spiro atoms. The predicted molar refractivity (Wildman–Crippen MR) is 81.1 cm³/mol. The number of methoxy groups -OCH3 is 1. The first-order chi connectivity index (χ1) is 9.58.